The summed E-state index contributed by atoms with van der Waals surface area (Å²) in [5.74, 6) is 0. The van der Waals surface area contributed by atoms with Crippen LogP contribution in [0.4, 0.5) is 0 Å². The van der Waals surface area contributed by atoms with Crippen molar-refractivity contribution in [2.24, 2.45) is 0 Å². The molecule has 104 valence electrons. The number of hydrogen-bond acceptors (Lipinski definition) is 1. The lowest BCUT2D eigenvalue weighted by Crippen LogP contribution is -2.47. The smallest absolute Gasteiger partial charge is 0.200 e. The van der Waals surface area contributed by atoms with Crippen LogP contribution in [0.15, 0.2) is 0 Å². The molecule has 0 aromatic rings. The zero-order valence-electron chi connectivity index (χ0n) is 13.2. The summed E-state index contributed by atoms with van der Waals surface area (Å²) in [4.78, 5) is 0. The van der Waals surface area contributed by atoms with Crippen LogP contribution in [0.25, 0.3) is 0 Å². The third kappa shape index (κ3) is 4.74. The van der Waals surface area contributed by atoms with E-state index in [9.17, 15) is 0 Å². The van der Waals surface area contributed by atoms with Crippen molar-refractivity contribution in [3.05, 3.63) is 0 Å². The Labute approximate surface area is 110 Å². The second-order valence-electron chi connectivity index (χ2n) is 6.23. The SMILES string of the molecule is CCCCCCO[Si](C(C)C)(C(C)C)C(C)C. The van der Waals surface area contributed by atoms with E-state index >= 15 is 0 Å². The molecule has 0 heterocycles. The van der Waals surface area contributed by atoms with Gasteiger partial charge in [0.25, 0.3) is 0 Å². The number of rotatable bonds is 9. The van der Waals surface area contributed by atoms with Gasteiger partial charge in [0.05, 0.1) is 0 Å². The fraction of sp³-hybridized carbons (Fsp3) is 1.00. The van der Waals surface area contributed by atoms with E-state index in [0.29, 0.717) is 16.6 Å². The fourth-order valence-corrected chi connectivity index (χ4v) is 8.78. The molecule has 0 radical (unpaired) electrons. The van der Waals surface area contributed by atoms with Gasteiger partial charge in [-0.2, -0.15) is 0 Å². The van der Waals surface area contributed by atoms with E-state index in [4.69, 9.17) is 4.43 Å². The van der Waals surface area contributed by atoms with E-state index < -0.39 is 8.32 Å². The Balaban J connectivity index is 4.38. The Morgan fingerprint density at radius 3 is 1.59 bits per heavy atom. The van der Waals surface area contributed by atoms with Crippen LogP contribution in [-0.2, 0) is 4.43 Å². The summed E-state index contributed by atoms with van der Waals surface area (Å²) in [6, 6.07) is 0. The van der Waals surface area contributed by atoms with Crippen LogP contribution < -0.4 is 0 Å². The van der Waals surface area contributed by atoms with Crippen LogP contribution in [0, 0.1) is 0 Å². The molecule has 0 aromatic heterocycles. The van der Waals surface area contributed by atoms with Crippen molar-refractivity contribution in [2.75, 3.05) is 6.61 Å². The van der Waals surface area contributed by atoms with Crippen LogP contribution in [0.1, 0.15) is 74.1 Å². The summed E-state index contributed by atoms with van der Waals surface area (Å²) in [6.45, 7) is 17.4. The molecule has 2 heteroatoms. The maximum atomic E-state index is 6.50. The third-order valence-corrected chi connectivity index (χ3v) is 10.2. The van der Waals surface area contributed by atoms with Gasteiger partial charge in [0, 0.05) is 6.61 Å². The molecule has 0 N–H and O–H groups in total. The number of unbranched alkanes of at least 4 members (excludes halogenated alkanes) is 3. The van der Waals surface area contributed by atoms with Gasteiger partial charge in [-0.3, -0.25) is 0 Å². The highest BCUT2D eigenvalue weighted by Gasteiger charge is 2.44. The molecule has 0 bridgehead atoms. The van der Waals surface area contributed by atoms with E-state index in [0.717, 1.165) is 6.61 Å². The average molecular weight is 259 g/mol. The maximum absolute atomic E-state index is 6.50. The van der Waals surface area contributed by atoms with Gasteiger partial charge in [-0.1, -0.05) is 67.7 Å². The van der Waals surface area contributed by atoms with E-state index in [1.807, 2.05) is 0 Å². The van der Waals surface area contributed by atoms with E-state index in [2.05, 4.69) is 48.5 Å². The monoisotopic (exact) mass is 258 g/mol. The topological polar surface area (TPSA) is 9.23 Å². The first-order valence-electron chi connectivity index (χ1n) is 7.53. The minimum Gasteiger partial charge on any atom is -0.416 e. The Kier molecular flexibility index (Phi) is 8.40. The maximum Gasteiger partial charge on any atom is 0.200 e. The van der Waals surface area contributed by atoms with Crippen LogP contribution in [0.3, 0.4) is 0 Å². The van der Waals surface area contributed by atoms with Crippen molar-refractivity contribution in [3.8, 4) is 0 Å². The molecule has 17 heavy (non-hydrogen) atoms. The normalized spacial score (nSPS) is 13.1. The second kappa shape index (κ2) is 8.31. The van der Waals surface area contributed by atoms with E-state index in [-0.39, 0.29) is 0 Å². The summed E-state index contributed by atoms with van der Waals surface area (Å²) >= 11 is 0. The first-order chi connectivity index (χ1) is 7.89. The molecule has 0 rings (SSSR count). The first-order valence-corrected chi connectivity index (χ1v) is 9.67. The Morgan fingerprint density at radius 2 is 1.24 bits per heavy atom. The standard InChI is InChI=1S/C15H34OSi/c1-8-9-10-11-12-16-17(13(2)3,14(4)5)15(6)7/h13-15H,8-12H2,1-7H3. The van der Waals surface area contributed by atoms with Gasteiger partial charge in [-0.25, -0.2) is 0 Å². The lowest BCUT2D eigenvalue weighted by atomic mass is 10.2. The van der Waals surface area contributed by atoms with Crippen molar-refractivity contribution in [2.45, 2.75) is 90.8 Å². The van der Waals surface area contributed by atoms with Gasteiger partial charge < -0.3 is 4.43 Å². The predicted octanol–water partition coefficient (Wildman–Crippen LogP) is 5.76. The molecule has 0 aliphatic heterocycles. The highest BCUT2D eigenvalue weighted by atomic mass is 28.4. The molecule has 0 amide bonds. The molecule has 0 saturated carbocycles. The Bertz CT molecular complexity index is 166. The summed E-state index contributed by atoms with van der Waals surface area (Å²) in [7, 11) is -1.59. The predicted molar refractivity (Wildman–Crippen MR) is 81.1 cm³/mol. The van der Waals surface area contributed by atoms with E-state index in [1.54, 1.807) is 0 Å². The number of hydrogen-bond donors (Lipinski definition) is 0. The van der Waals surface area contributed by atoms with Crippen LogP contribution in [-0.4, -0.2) is 14.9 Å². The molecule has 0 unspecified atom stereocenters. The van der Waals surface area contributed by atoms with Gasteiger partial charge in [-0.05, 0) is 23.0 Å². The minimum atomic E-state index is -1.59. The van der Waals surface area contributed by atoms with Crippen molar-refractivity contribution in [1.82, 2.24) is 0 Å². The summed E-state index contributed by atoms with van der Waals surface area (Å²) < 4.78 is 6.50. The molecule has 0 aliphatic carbocycles. The highest BCUT2D eigenvalue weighted by Crippen LogP contribution is 2.42. The van der Waals surface area contributed by atoms with Crippen molar-refractivity contribution in [3.63, 3.8) is 0 Å². The summed E-state index contributed by atoms with van der Waals surface area (Å²) in [5.41, 5.74) is 2.15. The van der Waals surface area contributed by atoms with Crippen LogP contribution in [0.5, 0.6) is 0 Å². The molecule has 0 saturated heterocycles. The Hall–Kier alpha value is 0.177. The Morgan fingerprint density at radius 1 is 0.765 bits per heavy atom. The van der Waals surface area contributed by atoms with Crippen LogP contribution in [0.2, 0.25) is 16.6 Å². The summed E-state index contributed by atoms with van der Waals surface area (Å²) in [6.07, 6.45) is 5.23. The van der Waals surface area contributed by atoms with Gasteiger partial charge in [-0.15, -0.1) is 0 Å². The van der Waals surface area contributed by atoms with Gasteiger partial charge >= 0.3 is 0 Å². The first kappa shape index (κ1) is 17.2. The average Bonchev–Trinajstić information content (AvgIpc) is 2.21. The molecular formula is C15H34OSi. The molecule has 0 atom stereocenters. The lowest BCUT2D eigenvalue weighted by Gasteiger charge is -2.42. The lowest BCUT2D eigenvalue weighted by molar-refractivity contribution is 0.268. The molecule has 0 fully saturated rings. The summed E-state index contributed by atoms with van der Waals surface area (Å²) in [5, 5.41) is 0. The van der Waals surface area contributed by atoms with Gasteiger partial charge in [0.2, 0.25) is 0 Å². The van der Waals surface area contributed by atoms with Crippen molar-refractivity contribution >= 4 is 8.32 Å². The van der Waals surface area contributed by atoms with Gasteiger partial charge in [0.1, 0.15) is 0 Å². The largest absolute Gasteiger partial charge is 0.416 e. The van der Waals surface area contributed by atoms with Gasteiger partial charge in [0.15, 0.2) is 8.32 Å². The second-order valence-corrected chi connectivity index (χ2v) is 11.7. The van der Waals surface area contributed by atoms with E-state index in [1.165, 1.54) is 25.7 Å². The molecule has 0 aromatic carbocycles. The molecule has 0 aliphatic rings. The molecule has 1 nitrogen and oxygen atoms in total. The van der Waals surface area contributed by atoms with Crippen molar-refractivity contribution in [1.29, 1.82) is 0 Å². The molecule has 0 spiro atoms. The third-order valence-electron chi connectivity index (χ3n) is 4.06. The molecular weight excluding hydrogens is 224 g/mol. The van der Waals surface area contributed by atoms with Crippen molar-refractivity contribution < 1.29 is 4.43 Å². The quantitative estimate of drug-likeness (QED) is 0.377. The minimum absolute atomic E-state index is 0.716. The fourth-order valence-electron chi connectivity index (χ4n) is 3.28. The highest BCUT2D eigenvalue weighted by molar-refractivity contribution is 6.77. The van der Waals surface area contributed by atoms with Crippen LogP contribution >= 0.6 is 0 Å². The zero-order chi connectivity index (χ0) is 13.5. The zero-order valence-corrected chi connectivity index (χ0v) is 14.2.